The fourth-order valence-electron chi connectivity index (χ4n) is 2.15. The summed E-state index contributed by atoms with van der Waals surface area (Å²) >= 11 is 1.55. The summed E-state index contributed by atoms with van der Waals surface area (Å²) < 4.78 is 37.5. The second-order valence-corrected chi connectivity index (χ2v) is 6.30. The van der Waals surface area contributed by atoms with Gasteiger partial charge in [0.2, 0.25) is 11.7 Å². The van der Waals surface area contributed by atoms with Crippen LogP contribution < -0.4 is 10.1 Å². The minimum absolute atomic E-state index is 0.00834. The van der Waals surface area contributed by atoms with Crippen LogP contribution in [-0.2, 0) is 6.61 Å². The van der Waals surface area contributed by atoms with Crippen molar-refractivity contribution in [3.05, 3.63) is 68.9 Å². The lowest BCUT2D eigenvalue weighted by molar-refractivity contribution is 0.102. The van der Waals surface area contributed by atoms with E-state index < -0.39 is 17.5 Å². The highest BCUT2D eigenvalue weighted by atomic mass is 127. The molecule has 3 rings (SSSR count). The van der Waals surface area contributed by atoms with Crippen LogP contribution in [0.15, 0.2) is 40.9 Å². The van der Waals surface area contributed by atoms with Crippen LogP contribution in [0.5, 0.6) is 5.75 Å². The standard InChI is InChI=1S/C17H12F2IN3O3/c1-9-21-15(23-26-9)8-25-14-5-3-2-4-11(14)17(24)22-10-6-12(18)16(20)13(19)7-10/h2-7H,8H2,1H3,(H,22,24). The summed E-state index contributed by atoms with van der Waals surface area (Å²) in [6.45, 7) is 1.66. The molecule has 1 amide bonds. The molecule has 6 nitrogen and oxygen atoms in total. The quantitative estimate of drug-likeness (QED) is 0.448. The molecule has 1 N–H and O–H groups in total. The Balaban J connectivity index is 1.77. The Morgan fingerprint density at radius 1 is 1.27 bits per heavy atom. The van der Waals surface area contributed by atoms with Crippen molar-refractivity contribution in [2.45, 2.75) is 13.5 Å². The van der Waals surface area contributed by atoms with Crippen LogP contribution in [0.3, 0.4) is 0 Å². The van der Waals surface area contributed by atoms with E-state index in [1.54, 1.807) is 47.7 Å². The third-order valence-corrected chi connectivity index (χ3v) is 4.33. The van der Waals surface area contributed by atoms with Crippen molar-refractivity contribution >= 4 is 34.2 Å². The van der Waals surface area contributed by atoms with Crippen LogP contribution >= 0.6 is 22.6 Å². The first-order chi connectivity index (χ1) is 12.4. The Labute approximate surface area is 160 Å². The highest BCUT2D eigenvalue weighted by molar-refractivity contribution is 14.1. The first-order valence-corrected chi connectivity index (χ1v) is 8.49. The van der Waals surface area contributed by atoms with E-state index in [2.05, 4.69) is 15.5 Å². The number of carbonyl (C=O) groups is 1. The van der Waals surface area contributed by atoms with Gasteiger partial charge >= 0.3 is 0 Å². The monoisotopic (exact) mass is 471 g/mol. The number of aromatic nitrogens is 2. The van der Waals surface area contributed by atoms with Crippen LogP contribution in [0.2, 0.25) is 0 Å². The van der Waals surface area contributed by atoms with Gasteiger partial charge in [-0.2, -0.15) is 4.98 Å². The van der Waals surface area contributed by atoms with Crippen molar-refractivity contribution in [2.24, 2.45) is 0 Å². The van der Waals surface area contributed by atoms with Crippen LogP contribution in [0, 0.1) is 22.1 Å². The van der Waals surface area contributed by atoms with Crippen LogP contribution in [0.4, 0.5) is 14.5 Å². The zero-order chi connectivity index (χ0) is 18.7. The molecule has 0 saturated carbocycles. The average Bonchev–Trinajstić information content (AvgIpc) is 3.03. The number of nitrogens with one attached hydrogen (secondary N) is 1. The molecule has 9 heteroatoms. The number of rotatable bonds is 5. The first-order valence-electron chi connectivity index (χ1n) is 7.41. The molecule has 1 aromatic heterocycles. The lowest BCUT2D eigenvalue weighted by atomic mass is 10.2. The molecule has 0 atom stereocenters. The molecule has 0 radical (unpaired) electrons. The number of halogens is 3. The van der Waals surface area contributed by atoms with Gasteiger partial charge in [-0.25, -0.2) is 8.78 Å². The number of carbonyl (C=O) groups excluding carboxylic acids is 1. The lowest BCUT2D eigenvalue weighted by Gasteiger charge is -2.11. The number of anilines is 1. The Hall–Kier alpha value is -2.56. The summed E-state index contributed by atoms with van der Waals surface area (Å²) in [6, 6.07) is 8.57. The summed E-state index contributed by atoms with van der Waals surface area (Å²) in [6.07, 6.45) is 0. The molecule has 2 aromatic carbocycles. The molecule has 0 bridgehead atoms. The molecule has 0 aliphatic carbocycles. The molecule has 0 spiro atoms. The zero-order valence-corrected chi connectivity index (χ0v) is 15.6. The van der Waals surface area contributed by atoms with E-state index in [4.69, 9.17) is 9.26 Å². The molecule has 0 aliphatic rings. The highest BCUT2D eigenvalue weighted by Gasteiger charge is 2.15. The minimum Gasteiger partial charge on any atom is -0.485 e. The van der Waals surface area contributed by atoms with Gasteiger partial charge < -0.3 is 14.6 Å². The van der Waals surface area contributed by atoms with Crippen molar-refractivity contribution < 1.29 is 22.8 Å². The van der Waals surface area contributed by atoms with Crippen molar-refractivity contribution in [1.29, 1.82) is 0 Å². The first kappa shape index (κ1) is 18.2. The zero-order valence-electron chi connectivity index (χ0n) is 13.4. The Morgan fingerprint density at radius 3 is 2.62 bits per heavy atom. The Kier molecular flexibility index (Phi) is 5.45. The number of amides is 1. The van der Waals surface area contributed by atoms with E-state index in [9.17, 15) is 13.6 Å². The molecule has 26 heavy (non-hydrogen) atoms. The lowest BCUT2D eigenvalue weighted by Crippen LogP contribution is -2.14. The normalized spacial score (nSPS) is 10.6. The Bertz CT molecular complexity index is 939. The predicted octanol–water partition coefficient (Wildman–Crippen LogP) is 4.09. The third-order valence-electron chi connectivity index (χ3n) is 3.30. The second kappa shape index (κ2) is 7.77. The number of benzene rings is 2. The topological polar surface area (TPSA) is 77.2 Å². The smallest absolute Gasteiger partial charge is 0.259 e. The molecular formula is C17H12F2IN3O3. The fourth-order valence-corrected chi connectivity index (χ4v) is 2.46. The molecule has 3 aromatic rings. The summed E-state index contributed by atoms with van der Waals surface area (Å²) in [5, 5.41) is 6.16. The maximum Gasteiger partial charge on any atom is 0.259 e. The third kappa shape index (κ3) is 4.15. The fraction of sp³-hybridized carbons (Fsp3) is 0.118. The van der Waals surface area contributed by atoms with E-state index in [-0.39, 0.29) is 27.2 Å². The number of nitrogens with zero attached hydrogens (tertiary/aromatic N) is 2. The van der Waals surface area contributed by atoms with Gasteiger partial charge in [0.1, 0.15) is 17.4 Å². The average molecular weight is 471 g/mol. The maximum atomic E-state index is 13.6. The molecule has 0 fully saturated rings. The van der Waals surface area contributed by atoms with E-state index in [0.29, 0.717) is 11.7 Å². The van der Waals surface area contributed by atoms with E-state index in [1.807, 2.05) is 0 Å². The van der Waals surface area contributed by atoms with Gasteiger partial charge in [-0.05, 0) is 46.9 Å². The number of para-hydroxylation sites is 1. The van der Waals surface area contributed by atoms with Gasteiger partial charge in [0.25, 0.3) is 5.91 Å². The molecular weight excluding hydrogens is 459 g/mol. The Morgan fingerprint density at radius 2 is 1.96 bits per heavy atom. The minimum atomic E-state index is -0.752. The second-order valence-electron chi connectivity index (χ2n) is 5.22. The van der Waals surface area contributed by atoms with Crippen LogP contribution in [0.25, 0.3) is 0 Å². The van der Waals surface area contributed by atoms with E-state index >= 15 is 0 Å². The largest absolute Gasteiger partial charge is 0.485 e. The summed E-state index contributed by atoms with van der Waals surface area (Å²) in [4.78, 5) is 16.5. The van der Waals surface area contributed by atoms with Crippen molar-refractivity contribution in [1.82, 2.24) is 10.1 Å². The molecule has 0 aliphatic heterocycles. The number of hydrogen-bond acceptors (Lipinski definition) is 5. The highest BCUT2D eigenvalue weighted by Crippen LogP contribution is 2.23. The SMILES string of the molecule is Cc1nc(COc2ccccc2C(=O)Nc2cc(F)c(I)c(F)c2)no1. The van der Waals surface area contributed by atoms with Crippen LogP contribution in [0.1, 0.15) is 22.1 Å². The number of aryl methyl sites for hydroxylation is 1. The summed E-state index contributed by atoms with van der Waals surface area (Å²) in [5.74, 6) is -1.06. The van der Waals surface area contributed by atoms with Crippen molar-refractivity contribution in [3.63, 3.8) is 0 Å². The van der Waals surface area contributed by atoms with Gasteiger partial charge in [0.05, 0.1) is 9.13 Å². The summed E-state index contributed by atoms with van der Waals surface area (Å²) in [7, 11) is 0. The van der Waals surface area contributed by atoms with Crippen LogP contribution in [-0.4, -0.2) is 16.0 Å². The maximum absolute atomic E-state index is 13.6. The molecule has 1 heterocycles. The predicted molar refractivity (Wildman–Crippen MR) is 96.8 cm³/mol. The number of ether oxygens (including phenoxy) is 1. The van der Waals surface area contributed by atoms with E-state index in [0.717, 1.165) is 12.1 Å². The molecule has 0 unspecified atom stereocenters. The van der Waals surface area contributed by atoms with Crippen molar-refractivity contribution in [2.75, 3.05) is 5.32 Å². The van der Waals surface area contributed by atoms with Gasteiger partial charge in [-0.15, -0.1) is 0 Å². The van der Waals surface area contributed by atoms with Gasteiger partial charge in [0, 0.05) is 12.6 Å². The molecule has 134 valence electrons. The van der Waals surface area contributed by atoms with Gasteiger partial charge in [-0.1, -0.05) is 17.3 Å². The van der Waals surface area contributed by atoms with Gasteiger partial charge in [0.15, 0.2) is 6.61 Å². The molecule has 0 saturated heterocycles. The van der Waals surface area contributed by atoms with Crippen molar-refractivity contribution in [3.8, 4) is 5.75 Å². The number of hydrogen-bond donors (Lipinski definition) is 1. The van der Waals surface area contributed by atoms with E-state index in [1.165, 1.54) is 6.07 Å². The van der Waals surface area contributed by atoms with Gasteiger partial charge in [-0.3, -0.25) is 4.79 Å². The summed E-state index contributed by atoms with van der Waals surface area (Å²) in [5.41, 5.74) is 0.209.